The first-order valence-electron chi connectivity index (χ1n) is 7.24. The maximum Gasteiger partial charge on any atom is 0.419 e. The van der Waals surface area contributed by atoms with E-state index in [4.69, 9.17) is 9.47 Å². The fourth-order valence-corrected chi connectivity index (χ4v) is 1.95. The molecule has 0 saturated carbocycles. The number of esters is 1. The third-order valence-corrected chi connectivity index (χ3v) is 2.89. The SMILES string of the molecule is CC(C)(C)Oc1cc(C(=O)Oc2ccccc2)ccc1C(F)(F)F. The van der Waals surface area contributed by atoms with Crippen molar-refractivity contribution in [2.24, 2.45) is 0 Å². The Morgan fingerprint density at radius 1 is 0.958 bits per heavy atom. The number of para-hydroxylation sites is 1. The molecular formula is C18H17F3O3. The largest absolute Gasteiger partial charge is 0.487 e. The van der Waals surface area contributed by atoms with Crippen molar-refractivity contribution in [2.45, 2.75) is 32.5 Å². The summed E-state index contributed by atoms with van der Waals surface area (Å²) in [6.45, 7) is 4.88. The minimum Gasteiger partial charge on any atom is -0.487 e. The third-order valence-electron chi connectivity index (χ3n) is 2.89. The third kappa shape index (κ3) is 4.75. The fraction of sp³-hybridized carbons (Fsp3) is 0.278. The van der Waals surface area contributed by atoms with Crippen LogP contribution in [0.2, 0.25) is 0 Å². The van der Waals surface area contributed by atoms with Gasteiger partial charge in [0.15, 0.2) is 0 Å². The van der Waals surface area contributed by atoms with Crippen LogP contribution >= 0.6 is 0 Å². The van der Waals surface area contributed by atoms with Crippen molar-refractivity contribution in [3.63, 3.8) is 0 Å². The molecule has 0 spiro atoms. The molecule has 0 N–H and O–H groups in total. The number of benzene rings is 2. The van der Waals surface area contributed by atoms with Crippen LogP contribution < -0.4 is 9.47 Å². The van der Waals surface area contributed by atoms with Crippen LogP contribution in [0.5, 0.6) is 11.5 Å². The van der Waals surface area contributed by atoms with Crippen LogP contribution in [0, 0.1) is 0 Å². The summed E-state index contributed by atoms with van der Waals surface area (Å²) in [7, 11) is 0. The van der Waals surface area contributed by atoms with Crippen LogP contribution in [0.15, 0.2) is 48.5 Å². The van der Waals surface area contributed by atoms with Crippen LogP contribution in [0.1, 0.15) is 36.7 Å². The first-order chi connectivity index (χ1) is 11.1. The Kier molecular flexibility index (Phi) is 4.87. The molecule has 128 valence electrons. The van der Waals surface area contributed by atoms with Gasteiger partial charge in [-0.2, -0.15) is 13.2 Å². The minimum atomic E-state index is -4.58. The number of carbonyl (C=O) groups is 1. The molecule has 0 aromatic heterocycles. The number of hydrogen-bond donors (Lipinski definition) is 0. The molecule has 2 aromatic rings. The summed E-state index contributed by atoms with van der Waals surface area (Å²) in [4.78, 5) is 12.1. The Morgan fingerprint density at radius 3 is 2.12 bits per heavy atom. The Bertz CT molecular complexity index is 717. The lowest BCUT2D eigenvalue weighted by molar-refractivity contribution is -0.139. The first kappa shape index (κ1) is 17.8. The lowest BCUT2D eigenvalue weighted by Crippen LogP contribution is -2.25. The second-order valence-corrected chi connectivity index (χ2v) is 6.13. The number of hydrogen-bond acceptors (Lipinski definition) is 3. The van der Waals surface area contributed by atoms with Gasteiger partial charge in [0.1, 0.15) is 17.1 Å². The number of halogens is 3. The van der Waals surface area contributed by atoms with E-state index in [1.807, 2.05) is 0 Å². The van der Waals surface area contributed by atoms with Gasteiger partial charge in [-0.25, -0.2) is 4.79 Å². The second-order valence-electron chi connectivity index (χ2n) is 6.13. The van der Waals surface area contributed by atoms with Crippen molar-refractivity contribution in [3.05, 3.63) is 59.7 Å². The average Bonchev–Trinajstić information content (AvgIpc) is 2.45. The highest BCUT2D eigenvalue weighted by Crippen LogP contribution is 2.38. The molecule has 0 heterocycles. The van der Waals surface area contributed by atoms with Crippen LogP contribution in [-0.2, 0) is 6.18 Å². The van der Waals surface area contributed by atoms with Crippen molar-refractivity contribution in [1.29, 1.82) is 0 Å². The highest BCUT2D eigenvalue weighted by molar-refractivity contribution is 5.91. The number of ether oxygens (including phenoxy) is 2. The van der Waals surface area contributed by atoms with Crippen molar-refractivity contribution in [1.82, 2.24) is 0 Å². The van der Waals surface area contributed by atoms with Crippen molar-refractivity contribution >= 4 is 5.97 Å². The van der Waals surface area contributed by atoms with Crippen LogP contribution in [0.4, 0.5) is 13.2 Å². The quantitative estimate of drug-likeness (QED) is 0.577. The smallest absolute Gasteiger partial charge is 0.419 e. The van der Waals surface area contributed by atoms with Gasteiger partial charge in [0.05, 0.1) is 11.1 Å². The molecule has 0 aliphatic rings. The zero-order valence-corrected chi connectivity index (χ0v) is 13.5. The first-order valence-corrected chi connectivity index (χ1v) is 7.24. The van der Waals surface area contributed by atoms with Gasteiger partial charge in [-0.15, -0.1) is 0 Å². The minimum absolute atomic E-state index is 0.0221. The summed E-state index contributed by atoms with van der Waals surface area (Å²) < 4.78 is 49.8. The predicted molar refractivity (Wildman–Crippen MR) is 83.2 cm³/mol. The van der Waals surface area contributed by atoms with Gasteiger partial charge in [-0.05, 0) is 51.1 Å². The monoisotopic (exact) mass is 338 g/mol. The van der Waals surface area contributed by atoms with E-state index in [-0.39, 0.29) is 5.56 Å². The van der Waals surface area contributed by atoms with Gasteiger partial charge < -0.3 is 9.47 Å². The van der Waals surface area contributed by atoms with Gasteiger partial charge in [-0.1, -0.05) is 18.2 Å². The summed E-state index contributed by atoms with van der Waals surface area (Å²) in [5.41, 5.74) is -1.80. The Hall–Kier alpha value is -2.50. The zero-order chi connectivity index (χ0) is 18.0. The standard InChI is InChI=1S/C18H17F3O3/c1-17(2,3)24-15-11-12(9-10-14(15)18(19,20)21)16(22)23-13-7-5-4-6-8-13/h4-11H,1-3H3. The van der Waals surface area contributed by atoms with E-state index >= 15 is 0 Å². The molecule has 0 radical (unpaired) electrons. The van der Waals surface area contributed by atoms with Crippen LogP contribution in [-0.4, -0.2) is 11.6 Å². The fourth-order valence-electron chi connectivity index (χ4n) is 1.95. The maximum atomic E-state index is 13.1. The molecule has 0 fully saturated rings. The highest BCUT2D eigenvalue weighted by atomic mass is 19.4. The summed E-state index contributed by atoms with van der Waals surface area (Å²) in [5.74, 6) is -0.855. The van der Waals surface area contributed by atoms with E-state index in [1.165, 1.54) is 0 Å². The van der Waals surface area contributed by atoms with Crippen LogP contribution in [0.25, 0.3) is 0 Å². The molecule has 2 rings (SSSR count). The molecular weight excluding hydrogens is 321 g/mol. The van der Waals surface area contributed by atoms with E-state index < -0.39 is 29.1 Å². The number of rotatable bonds is 3. The summed E-state index contributed by atoms with van der Waals surface area (Å²) >= 11 is 0. The zero-order valence-electron chi connectivity index (χ0n) is 13.5. The van der Waals surface area contributed by atoms with Gasteiger partial charge in [0, 0.05) is 0 Å². The normalized spacial score (nSPS) is 11.9. The van der Waals surface area contributed by atoms with Crippen molar-refractivity contribution in [3.8, 4) is 11.5 Å². The van der Waals surface area contributed by atoms with Gasteiger partial charge in [0.25, 0.3) is 0 Å². The van der Waals surface area contributed by atoms with Gasteiger partial charge in [0.2, 0.25) is 0 Å². The van der Waals surface area contributed by atoms with Gasteiger partial charge >= 0.3 is 12.1 Å². The topological polar surface area (TPSA) is 35.5 Å². The van der Waals surface area contributed by atoms with Gasteiger partial charge in [-0.3, -0.25) is 0 Å². The van der Waals surface area contributed by atoms with E-state index in [1.54, 1.807) is 51.1 Å². The lowest BCUT2D eigenvalue weighted by Gasteiger charge is -2.24. The lowest BCUT2D eigenvalue weighted by atomic mass is 10.1. The Morgan fingerprint density at radius 2 is 1.58 bits per heavy atom. The van der Waals surface area contributed by atoms with E-state index in [2.05, 4.69) is 0 Å². The highest BCUT2D eigenvalue weighted by Gasteiger charge is 2.36. The van der Waals surface area contributed by atoms with E-state index in [0.29, 0.717) is 5.75 Å². The predicted octanol–water partition coefficient (Wildman–Crippen LogP) is 5.10. The van der Waals surface area contributed by atoms with E-state index in [0.717, 1.165) is 18.2 Å². The maximum absolute atomic E-state index is 13.1. The molecule has 0 aliphatic carbocycles. The molecule has 0 bridgehead atoms. The summed E-state index contributed by atoms with van der Waals surface area (Å²) in [5, 5.41) is 0. The summed E-state index contributed by atoms with van der Waals surface area (Å²) in [6, 6.07) is 11.2. The average molecular weight is 338 g/mol. The Labute approximate surface area is 138 Å². The van der Waals surface area contributed by atoms with E-state index in [9.17, 15) is 18.0 Å². The summed E-state index contributed by atoms with van der Waals surface area (Å²) in [6.07, 6.45) is -4.58. The molecule has 0 amide bonds. The molecule has 3 nitrogen and oxygen atoms in total. The van der Waals surface area contributed by atoms with Crippen molar-refractivity contribution in [2.75, 3.05) is 0 Å². The second kappa shape index (κ2) is 6.55. The molecule has 0 atom stereocenters. The van der Waals surface area contributed by atoms with Crippen molar-refractivity contribution < 1.29 is 27.4 Å². The Balaban J connectivity index is 2.34. The molecule has 0 aliphatic heterocycles. The molecule has 2 aromatic carbocycles. The molecule has 6 heteroatoms. The number of carbonyl (C=O) groups excluding carboxylic acids is 1. The molecule has 0 saturated heterocycles. The molecule has 24 heavy (non-hydrogen) atoms. The van der Waals surface area contributed by atoms with Crippen LogP contribution in [0.3, 0.4) is 0 Å². The number of alkyl halides is 3. The molecule has 0 unspecified atom stereocenters.